The highest BCUT2D eigenvalue weighted by Gasteiger charge is 2.34. The van der Waals surface area contributed by atoms with Gasteiger partial charge in [-0.1, -0.05) is 12.1 Å². The number of phenols is 1. The third-order valence-corrected chi connectivity index (χ3v) is 3.18. The molecule has 2 aromatic rings. The summed E-state index contributed by atoms with van der Waals surface area (Å²) >= 11 is 0. The number of carbonyl (C=O) groups excluding carboxylic acids is 2. The van der Waals surface area contributed by atoms with Gasteiger partial charge < -0.3 is 5.11 Å². The van der Waals surface area contributed by atoms with Crippen LogP contribution in [0.15, 0.2) is 54.1 Å². The van der Waals surface area contributed by atoms with Gasteiger partial charge in [0, 0.05) is 0 Å². The third-order valence-electron chi connectivity index (χ3n) is 3.18. The van der Waals surface area contributed by atoms with Gasteiger partial charge in [0.05, 0.1) is 5.69 Å². The lowest BCUT2D eigenvalue weighted by Crippen LogP contribution is -2.35. The van der Waals surface area contributed by atoms with Gasteiger partial charge in [-0.15, -0.1) is 0 Å². The van der Waals surface area contributed by atoms with Gasteiger partial charge in [0.25, 0.3) is 11.8 Å². The van der Waals surface area contributed by atoms with Gasteiger partial charge >= 0.3 is 0 Å². The fraction of sp³-hybridized carbons (Fsp3) is 0. The van der Waals surface area contributed by atoms with E-state index >= 15 is 0 Å². The predicted molar refractivity (Wildman–Crippen MR) is 78.1 cm³/mol. The molecule has 0 aromatic heterocycles. The molecule has 22 heavy (non-hydrogen) atoms. The highest BCUT2D eigenvalue weighted by Crippen LogP contribution is 2.22. The largest absolute Gasteiger partial charge is 0.508 e. The number of aromatic hydroxyl groups is 1. The fourth-order valence-corrected chi connectivity index (χ4v) is 2.07. The van der Waals surface area contributed by atoms with Crippen LogP contribution in [-0.4, -0.2) is 16.9 Å². The fourth-order valence-electron chi connectivity index (χ4n) is 2.07. The maximum Gasteiger partial charge on any atom is 0.282 e. The standard InChI is InChI=1S/C16H11FN2O3/c17-11-3-5-12(6-4-11)19-16(22)14(15(21)18-19)9-10-1-7-13(20)8-2-10/h1-9,20H,(H,18,21)/b14-9-. The molecule has 1 aliphatic rings. The topological polar surface area (TPSA) is 69.6 Å². The molecule has 110 valence electrons. The second kappa shape index (κ2) is 5.33. The highest BCUT2D eigenvalue weighted by atomic mass is 19.1. The number of rotatable bonds is 2. The molecule has 0 bridgehead atoms. The minimum absolute atomic E-state index is 0.0324. The third kappa shape index (κ3) is 2.54. The summed E-state index contributed by atoms with van der Waals surface area (Å²) < 4.78 is 12.9. The molecule has 2 amide bonds. The molecule has 0 spiro atoms. The van der Waals surface area contributed by atoms with Crippen LogP contribution < -0.4 is 10.4 Å². The van der Waals surface area contributed by atoms with Crippen molar-refractivity contribution in [3.63, 3.8) is 0 Å². The maximum absolute atomic E-state index is 12.9. The Morgan fingerprint density at radius 2 is 1.64 bits per heavy atom. The summed E-state index contributed by atoms with van der Waals surface area (Å²) in [6.45, 7) is 0. The van der Waals surface area contributed by atoms with Crippen molar-refractivity contribution in [1.82, 2.24) is 5.43 Å². The SMILES string of the molecule is O=C1NN(c2ccc(F)cc2)C(=O)/C1=C\c1ccc(O)cc1. The number of amides is 2. The van der Waals surface area contributed by atoms with Crippen molar-refractivity contribution in [3.8, 4) is 5.75 Å². The zero-order valence-electron chi connectivity index (χ0n) is 11.3. The molecule has 2 aromatic carbocycles. The minimum atomic E-state index is -0.539. The van der Waals surface area contributed by atoms with Gasteiger partial charge in [-0.25, -0.2) is 9.40 Å². The first-order chi connectivity index (χ1) is 10.5. The van der Waals surface area contributed by atoms with E-state index in [1.165, 1.54) is 42.5 Å². The van der Waals surface area contributed by atoms with Gasteiger partial charge in [-0.3, -0.25) is 15.0 Å². The van der Waals surface area contributed by atoms with Crippen LogP contribution in [0.1, 0.15) is 5.56 Å². The van der Waals surface area contributed by atoms with E-state index in [2.05, 4.69) is 5.43 Å². The number of anilines is 1. The summed E-state index contributed by atoms with van der Waals surface area (Å²) in [6.07, 6.45) is 1.43. The Morgan fingerprint density at radius 1 is 1.00 bits per heavy atom. The molecule has 1 heterocycles. The van der Waals surface area contributed by atoms with Crippen LogP contribution in [-0.2, 0) is 9.59 Å². The number of carbonyl (C=O) groups is 2. The number of hydrogen-bond donors (Lipinski definition) is 2. The summed E-state index contributed by atoms with van der Waals surface area (Å²) in [5.74, 6) is -1.40. The second-order valence-corrected chi connectivity index (χ2v) is 4.71. The van der Waals surface area contributed by atoms with Crippen molar-refractivity contribution < 1.29 is 19.1 Å². The first kappa shape index (κ1) is 13.8. The van der Waals surface area contributed by atoms with Crippen LogP contribution >= 0.6 is 0 Å². The number of phenolic OH excluding ortho intramolecular Hbond substituents is 1. The lowest BCUT2D eigenvalue weighted by Gasteiger charge is -2.14. The molecule has 1 fully saturated rings. The van der Waals surface area contributed by atoms with Crippen molar-refractivity contribution in [1.29, 1.82) is 0 Å². The molecule has 6 heteroatoms. The van der Waals surface area contributed by atoms with E-state index in [1.807, 2.05) is 0 Å². The first-order valence-electron chi connectivity index (χ1n) is 6.46. The molecule has 0 unspecified atom stereocenters. The van der Waals surface area contributed by atoms with Crippen LogP contribution in [0.2, 0.25) is 0 Å². The summed E-state index contributed by atoms with van der Waals surface area (Å²) in [6, 6.07) is 11.3. The van der Waals surface area contributed by atoms with Crippen molar-refractivity contribution in [2.45, 2.75) is 0 Å². The molecule has 1 aliphatic heterocycles. The summed E-state index contributed by atoms with van der Waals surface area (Å²) in [4.78, 5) is 24.2. The van der Waals surface area contributed by atoms with Crippen LogP contribution in [0.4, 0.5) is 10.1 Å². The normalized spacial score (nSPS) is 16.2. The van der Waals surface area contributed by atoms with E-state index in [0.717, 1.165) is 5.01 Å². The molecule has 2 N–H and O–H groups in total. The number of nitrogens with zero attached hydrogens (tertiary/aromatic N) is 1. The molecule has 0 aliphatic carbocycles. The summed E-state index contributed by atoms with van der Waals surface area (Å²) in [7, 11) is 0. The molecule has 0 saturated carbocycles. The average Bonchev–Trinajstić information content (AvgIpc) is 2.78. The molecule has 0 atom stereocenters. The van der Waals surface area contributed by atoms with Gasteiger partial charge in [0.15, 0.2) is 0 Å². The summed E-state index contributed by atoms with van der Waals surface area (Å²) in [5, 5.41) is 10.3. The van der Waals surface area contributed by atoms with E-state index in [1.54, 1.807) is 12.1 Å². The maximum atomic E-state index is 12.9. The van der Waals surface area contributed by atoms with Crippen LogP contribution in [0.3, 0.4) is 0 Å². The molecule has 3 rings (SSSR count). The number of nitrogens with one attached hydrogen (secondary N) is 1. The Labute approximate surface area is 125 Å². The van der Waals surface area contributed by atoms with Crippen molar-refractivity contribution in [2.24, 2.45) is 0 Å². The van der Waals surface area contributed by atoms with Crippen molar-refractivity contribution in [3.05, 3.63) is 65.5 Å². The van der Waals surface area contributed by atoms with Crippen LogP contribution in [0.25, 0.3) is 6.08 Å². The van der Waals surface area contributed by atoms with Crippen molar-refractivity contribution >= 4 is 23.6 Å². The summed E-state index contributed by atoms with van der Waals surface area (Å²) in [5.41, 5.74) is 3.37. The Kier molecular flexibility index (Phi) is 3.34. The van der Waals surface area contributed by atoms with Gasteiger partial charge in [-0.05, 0) is 48.0 Å². The van der Waals surface area contributed by atoms with E-state index in [4.69, 9.17) is 0 Å². The minimum Gasteiger partial charge on any atom is -0.508 e. The average molecular weight is 298 g/mol. The van der Waals surface area contributed by atoms with Gasteiger partial charge in [-0.2, -0.15) is 0 Å². The zero-order chi connectivity index (χ0) is 15.7. The predicted octanol–water partition coefficient (Wildman–Crippen LogP) is 1.99. The second-order valence-electron chi connectivity index (χ2n) is 4.71. The number of benzene rings is 2. The Hall–Kier alpha value is -3.15. The molecule has 0 radical (unpaired) electrons. The smallest absolute Gasteiger partial charge is 0.282 e. The van der Waals surface area contributed by atoms with Crippen LogP contribution in [0.5, 0.6) is 5.75 Å². The number of hydrazine groups is 1. The molecule has 5 nitrogen and oxygen atoms in total. The quantitative estimate of drug-likeness (QED) is 0.658. The van der Waals surface area contributed by atoms with E-state index in [-0.39, 0.29) is 11.3 Å². The first-order valence-corrected chi connectivity index (χ1v) is 6.46. The number of halogens is 1. The lowest BCUT2D eigenvalue weighted by molar-refractivity contribution is -0.117. The van der Waals surface area contributed by atoms with E-state index in [0.29, 0.717) is 11.3 Å². The monoisotopic (exact) mass is 298 g/mol. The Balaban J connectivity index is 1.91. The van der Waals surface area contributed by atoms with E-state index in [9.17, 15) is 19.1 Å². The molecular weight excluding hydrogens is 287 g/mol. The molecular formula is C16H11FN2O3. The van der Waals surface area contributed by atoms with Crippen LogP contribution in [0, 0.1) is 5.82 Å². The lowest BCUT2D eigenvalue weighted by atomic mass is 10.1. The van der Waals surface area contributed by atoms with E-state index < -0.39 is 17.6 Å². The van der Waals surface area contributed by atoms with Crippen molar-refractivity contribution in [2.75, 3.05) is 5.01 Å². The molecule has 1 saturated heterocycles. The Morgan fingerprint density at radius 3 is 2.27 bits per heavy atom. The van der Waals surface area contributed by atoms with Gasteiger partial charge in [0.1, 0.15) is 17.1 Å². The zero-order valence-corrected chi connectivity index (χ0v) is 11.3. The number of hydrogen-bond acceptors (Lipinski definition) is 3. The van der Waals surface area contributed by atoms with Gasteiger partial charge in [0.2, 0.25) is 0 Å². The Bertz CT molecular complexity index is 767. The highest BCUT2D eigenvalue weighted by molar-refractivity contribution is 6.31.